The van der Waals surface area contributed by atoms with Crippen molar-refractivity contribution in [1.82, 2.24) is 0 Å². The summed E-state index contributed by atoms with van der Waals surface area (Å²) in [7, 11) is -3.42. The van der Waals surface area contributed by atoms with Crippen LogP contribution < -0.4 is 0 Å². The van der Waals surface area contributed by atoms with E-state index in [1.54, 1.807) is 0 Å². The molecular weight excluding hydrogens is 287 g/mol. The third kappa shape index (κ3) is 3.25. The molecule has 0 aromatic heterocycles. The van der Waals surface area contributed by atoms with Gasteiger partial charge >= 0.3 is 0 Å². The van der Waals surface area contributed by atoms with E-state index in [0.717, 1.165) is 12.3 Å². The lowest BCUT2D eigenvalue weighted by atomic mass is 10.1. The van der Waals surface area contributed by atoms with Crippen LogP contribution in [-0.2, 0) is 9.84 Å². The van der Waals surface area contributed by atoms with E-state index in [1.807, 2.05) is 0 Å². The molecule has 1 N–H and O–H groups in total. The molecule has 15 heavy (non-hydrogen) atoms. The van der Waals surface area contributed by atoms with Crippen molar-refractivity contribution in [1.29, 1.82) is 0 Å². The maximum atomic E-state index is 12.8. The van der Waals surface area contributed by atoms with Gasteiger partial charge in [-0.15, -0.1) is 0 Å². The molecule has 0 aliphatic rings. The zero-order valence-electron chi connectivity index (χ0n) is 7.89. The van der Waals surface area contributed by atoms with Crippen LogP contribution in [0.15, 0.2) is 24.3 Å². The summed E-state index contributed by atoms with van der Waals surface area (Å²) in [6.45, 7) is 0. The molecule has 0 aliphatic heterocycles. The third-order valence-electron chi connectivity index (χ3n) is 1.85. The minimum Gasteiger partial charge on any atom is -0.386 e. The van der Waals surface area contributed by atoms with Crippen molar-refractivity contribution >= 4 is 25.8 Å². The summed E-state index contributed by atoms with van der Waals surface area (Å²) in [6, 6.07) is 5.20. The van der Waals surface area contributed by atoms with Crippen LogP contribution in [0.25, 0.3) is 0 Å². The van der Waals surface area contributed by atoms with Crippen LogP contribution in [0, 0.1) is 5.82 Å². The Hall–Kier alpha value is -0.460. The van der Waals surface area contributed by atoms with Crippen LogP contribution in [0.4, 0.5) is 4.39 Å². The van der Waals surface area contributed by atoms with E-state index in [9.17, 15) is 17.9 Å². The summed E-state index contributed by atoms with van der Waals surface area (Å²) in [5, 5.41) is 9.66. The van der Waals surface area contributed by atoms with Crippen LogP contribution in [-0.4, -0.2) is 23.9 Å². The first-order valence-electron chi connectivity index (χ1n) is 4.09. The predicted molar refractivity (Wildman–Crippen MR) is 58.9 cm³/mol. The van der Waals surface area contributed by atoms with Gasteiger partial charge in [-0.2, -0.15) is 0 Å². The van der Waals surface area contributed by atoms with E-state index in [-0.39, 0.29) is 5.56 Å². The van der Waals surface area contributed by atoms with Crippen molar-refractivity contribution in [2.75, 3.05) is 6.26 Å². The molecule has 0 bridgehead atoms. The van der Waals surface area contributed by atoms with Gasteiger partial charge in [0, 0.05) is 6.26 Å². The molecule has 1 rings (SSSR count). The standard InChI is InChI=1S/C9H10BrFO3S/c1-15(13,14)9(10)8(12)6-3-2-4-7(11)5-6/h2-5,8-9,12H,1H3/t8-,9-/m0/s1. The molecule has 0 unspecified atom stereocenters. The van der Waals surface area contributed by atoms with Crippen LogP contribution in [0.3, 0.4) is 0 Å². The van der Waals surface area contributed by atoms with Crippen LogP contribution >= 0.6 is 15.9 Å². The van der Waals surface area contributed by atoms with Gasteiger partial charge in [0.15, 0.2) is 9.84 Å². The molecule has 0 radical (unpaired) electrons. The second kappa shape index (κ2) is 4.59. The van der Waals surface area contributed by atoms with Gasteiger partial charge in [0.25, 0.3) is 0 Å². The highest BCUT2D eigenvalue weighted by Crippen LogP contribution is 2.26. The van der Waals surface area contributed by atoms with Gasteiger partial charge in [0.2, 0.25) is 0 Å². The molecule has 0 saturated heterocycles. The number of sulfone groups is 1. The van der Waals surface area contributed by atoms with Gasteiger partial charge in [-0.25, -0.2) is 12.8 Å². The lowest BCUT2D eigenvalue weighted by Crippen LogP contribution is -2.21. The van der Waals surface area contributed by atoms with Crippen molar-refractivity contribution in [3.8, 4) is 0 Å². The number of aliphatic hydroxyl groups excluding tert-OH is 1. The maximum absolute atomic E-state index is 12.8. The van der Waals surface area contributed by atoms with Gasteiger partial charge in [0.1, 0.15) is 16.1 Å². The summed E-state index contributed by atoms with van der Waals surface area (Å²) < 4.78 is 33.9. The first kappa shape index (κ1) is 12.6. The van der Waals surface area contributed by atoms with E-state index < -0.39 is 25.9 Å². The third-order valence-corrected chi connectivity index (χ3v) is 5.46. The Morgan fingerprint density at radius 2 is 2.07 bits per heavy atom. The number of halogens is 2. The summed E-state index contributed by atoms with van der Waals surface area (Å²) in [4.78, 5) is 0. The lowest BCUT2D eigenvalue weighted by molar-refractivity contribution is 0.194. The first-order chi connectivity index (χ1) is 6.82. The molecule has 0 saturated carbocycles. The molecule has 0 amide bonds. The van der Waals surface area contributed by atoms with E-state index in [0.29, 0.717) is 0 Å². The summed E-state index contributed by atoms with van der Waals surface area (Å²) in [5.74, 6) is -0.514. The number of alkyl halides is 1. The SMILES string of the molecule is CS(=O)(=O)[C@H](Br)[C@@H](O)c1cccc(F)c1. The monoisotopic (exact) mass is 296 g/mol. The van der Waals surface area contributed by atoms with E-state index in [4.69, 9.17) is 0 Å². The molecular formula is C9H10BrFO3S. The second-order valence-electron chi connectivity index (χ2n) is 3.18. The Bertz CT molecular complexity index is 446. The largest absolute Gasteiger partial charge is 0.386 e. The van der Waals surface area contributed by atoms with Gasteiger partial charge in [-0.3, -0.25) is 0 Å². The number of benzene rings is 1. The smallest absolute Gasteiger partial charge is 0.163 e. The van der Waals surface area contributed by atoms with Crippen LogP contribution in [0.5, 0.6) is 0 Å². The average Bonchev–Trinajstić information content (AvgIpc) is 2.14. The Morgan fingerprint density at radius 3 is 2.53 bits per heavy atom. The van der Waals surface area contributed by atoms with Crippen molar-refractivity contribution < 1.29 is 17.9 Å². The highest BCUT2D eigenvalue weighted by molar-refractivity contribution is 9.11. The Balaban J connectivity index is 3.00. The molecule has 6 heteroatoms. The van der Waals surface area contributed by atoms with Crippen LogP contribution in [0.2, 0.25) is 0 Å². The fourth-order valence-corrected chi connectivity index (χ4v) is 2.01. The number of rotatable bonds is 3. The average molecular weight is 297 g/mol. The summed E-state index contributed by atoms with van der Waals surface area (Å²) >= 11 is 2.86. The molecule has 1 aromatic rings. The zero-order chi connectivity index (χ0) is 11.6. The molecule has 1 aromatic carbocycles. The quantitative estimate of drug-likeness (QED) is 0.863. The second-order valence-corrected chi connectivity index (χ2v) is 6.94. The fourth-order valence-electron chi connectivity index (χ4n) is 1.08. The molecule has 0 aliphatic carbocycles. The van der Waals surface area contributed by atoms with Crippen molar-refractivity contribution in [2.45, 2.75) is 10.3 Å². The molecule has 0 heterocycles. The van der Waals surface area contributed by atoms with Gasteiger partial charge < -0.3 is 5.11 Å². The minimum atomic E-state index is -3.42. The first-order valence-corrected chi connectivity index (χ1v) is 6.96. The molecule has 3 nitrogen and oxygen atoms in total. The Labute approximate surface area is 96.0 Å². The van der Waals surface area contributed by atoms with E-state index in [2.05, 4.69) is 15.9 Å². The van der Waals surface area contributed by atoms with E-state index >= 15 is 0 Å². The number of aliphatic hydroxyl groups is 1. The highest BCUT2D eigenvalue weighted by atomic mass is 79.9. The zero-order valence-corrected chi connectivity index (χ0v) is 10.3. The number of hydrogen-bond acceptors (Lipinski definition) is 3. The van der Waals surface area contributed by atoms with Gasteiger partial charge in [-0.1, -0.05) is 28.1 Å². The maximum Gasteiger partial charge on any atom is 0.163 e. The Kier molecular flexibility index (Phi) is 3.86. The van der Waals surface area contributed by atoms with Crippen molar-refractivity contribution in [3.05, 3.63) is 35.6 Å². The summed E-state index contributed by atoms with van der Waals surface area (Å²) in [6.07, 6.45) is -0.287. The molecule has 0 spiro atoms. The lowest BCUT2D eigenvalue weighted by Gasteiger charge is -2.15. The Morgan fingerprint density at radius 1 is 1.47 bits per heavy atom. The molecule has 0 fully saturated rings. The normalized spacial score (nSPS) is 16.0. The van der Waals surface area contributed by atoms with Crippen molar-refractivity contribution in [2.24, 2.45) is 0 Å². The van der Waals surface area contributed by atoms with Gasteiger partial charge in [0.05, 0.1) is 0 Å². The molecule has 84 valence electrons. The molecule has 2 atom stereocenters. The van der Waals surface area contributed by atoms with Crippen molar-refractivity contribution in [3.63, 3.8) is 0 Å². The topological polar surface area (TPSA) is 54.4 Å². The minimum absolute atomic E-state index is 0.224. The summed E-state index contributed by atoms with van der Waals surface area (Å²) in [5.41, 5.74) is 0.224. The predicted octanol–water partition coefficient (Wildman–Crippen LogP) is 1.62. The highest BCUT2D eigenvalue weighted by Gasteiger charge is 2.27. The fraction of sp³-hybridized carbons (Fsp3) is 0.333. The number of hydrogen-bond donors (Lipinski definition) is 1. The van der Waals surface area contributed by atoms with Gasteiger partial charge in [-0.05, 0) is 17.7 Å². The van der Waals surface area contributed by atoms with E-state index in [1.165, 1.54) is 18.2 Å². The van der Waals surface area contributed by atoms with Crippen LogP contribution in [0.1, 0.15) is 11.7 Å².